The number of ether oxygens (including phenoxy) is 2. The highest BCUT2D eigenvalue weighted by atomic mass is 35.5. The molecule has 0 fully saturated rings. The Balaban J connectivity index is 1.93. The molecule has 160 valence electrons. The number of nitrogens with one attached hydrogen (secondary N) is 2. The lowest BCUT2D eigenvalue weighted by Gasteiger charge is -2.17. The van der Waals surface area contributed by atoms with E-state index in [9.17, 15) is 14.4 Å². The van der Waals surface area contributed by atoms with Gasteiger partial charge in [0.15, 0.2) is 0 Å². The normalized spacial score (nSPS) is 11.3. The topological polar surface area (TPSA) is 120 Å². The third-order valence-electron chi connectivity index (χ3n) is 4.13. The third-order valence-corrected chi connectivity index (χ3v) is 4.43. The fourth-order valence-corrected chi connectivity index (χ4v) is 2.82. The average Bonchev–Trinajstić information content (AvgIpc) is 2.71. The van der Waals surface area contributed by atoms with E-state index in [0.29, 0.717) is 22.3 Å². The summed E-state index contributed by atoms with van der Waals surface area (Å²) in [7, 11) is 1.56. The van der Waals surface area contributed by atoms with Crippen LogP contribution in [0.15, 0.2) is 42.5 Å². The van der Waals surface area contributed by atoms with Crippen molar-refractivity contribution in [2.24, 2.45) is 5.73 Å². The first kappa shape index (κ1) is 23.0. The van der Waals surface area contributed by atoms with Gasteiger partial charge in [0.2, 0.25) is 17.7 Å². The van der Waals surface area contributed by atoms with Crippen molar-refractivity contribution in [2.75, 3.05) is 7.11 Å². The third kappa shape index (κ3) is 7.29. The zero-order chi connectivity index (χ0) is 22.1. The Labute approximate surface area is 179 Å². The molecule has 0 saturated heterocycles. The Kier molecular flexibility index (Phi) is 8.49. The molecule has 0 aliphatic rings. The van der Waals surface area contributed by atoms with Crippen molar-refractivity contribution in [3.63, 3.8) is 0 Å². The number of methoxy groups -OCH3 is 1. The first-order valence-corrected chi connectivity index (χ1v) is 9.59. The predicted octanol–water partition coefficient (Wildman–Crippen LogP) is 2.53. The van der Waals surface area contributed by atoms with Crippen LogP contribution in [0, 0.1) is 0 Å². The van der Waals surface area contributed by atoms with Crippen LogP contribution < -0.4 is 25.8 Å². The smallest absolute Gasteiger partial charge is 0.242 e. The van der Waals surface area contributed by atoms with Crippen molar-refractivity contribution >= 4 is 29.3 Å². The van der Waals surface area contributed by atoms with E-state index < -0.39 is 17.9 Å². The first-order valence-electron chi connectivity index (χ1n) is 9.22. The highest BCUT2D eigenvalue weighted by molar-refractivity contribution is 6.32. The van der Waals surface area contributed by atoms with Crippen molar-refractivity contribution < 1.29 is 23.9 Å². The number of halogens is 1. The van der Waals surface area contributed by atoms with Crippen molar-refractivity contribution in [1.29, 1.82) is 0 Å². The summed E-state index contributed by atoms with van der Waals surface area (Å²) in [6.45, 7) is 1.55. The van der Waals surface area contributed by atoms with E-state index in [4.69, 9.17) is 26.8 Å². The lowest BCUT2D eigenvalue weighted by Crippen LogP contribution is -2.46. The van der Waals surface area contributed by atoms with E-state index in [-0.39, 0.29) is 25.3 Å². The van der Waals surface area contributed by atoms with Gasteiger partial charge in [-0.05, 0) is 36.2 Å². The number of carbonyl (C=O) groups is 3. The molecule has 0 saturated carbocycles. The zero-order valence-corrected chi connectivity index (χ0v) is 17.5. The molecule has 0 aliphatic heterocycles. The average molecular weight is 434 g/mol. The van der Waals surface area contributed by atoms with E-state index in [0.717, 1.165) is 5.56 Å². The number of hydrogen-bond acceptors (Lipinski definition) is 5. The van der Waals surface area contributed by atoms with Crippen LogP contribution >= 0.6 is 11.6 Å². The molecule has 30 heavy (non-hydrogen) atoms. The second kappa shape index (κ2) is 11.1. The number of nitrogens with two attached hydrogens (primary N) is 1. The molecule has 0 radical (unpaired) electrons. The minimum absolute atomic E-state index is 0.00166. The number of benzene rings is 2. The molecule has 2 aromatic carbocycles. The van der Waals surface area contributed by atoms with Gasteiger partial charge in [0.05, 0.1) is 12.1 Å². The van der Waals surface area contributed by atoms with Gasteiger partial charge in [-0.25, -0.2) is 0 Å². The fraction of sp³-hybridized carbons (Fsp3) is 0.286. The van der Waals surface area contributed by atoms with Crippen LogP contribution in [-0.2, 0) is 20.9 Å². The molecular weight excluding hydrogens is 410 g/mol. The molecule has 1 unspecified atom stereocenters. The zero-order valence-electron chi connectivity index (χ0n) is 16.7. The van der Waals surface area contributed by atoms with Crippen LogP contribution in [0.1, 0.15) is 25.3 Å². The number of rotatable bonds is 10. The SMILES string of the molecule is COc1ccc(Oc2ccc(CNC(=O)C(CCC(N)=O)NC(C)=O)cc2)c(Cl)c1. The second-order valence-corrected chi connectivity index (χ2v) is 6.93. The fourth-order valence-electron chi connectivity index (χ4n) is 2.61. The molecule has 8 nitrogen and oxygen atoms in total. The maximum atomic E-state index is 12.3. The van der Waals surface area contributed by atoms with Crippen LogP contribution in [0.3, 0.4) is 0 Å². The predicted molar refractivity (Wildman–Crippen MR) is 112 cm³/mol. The molecule has 0 aliphatic carbocycles. The number of primary amides is 1. The van der Waals surface area contributed by atoms with Gasteiger partial charge in [-0.3, -0.25) is 14.4 Å². The summed E-state index contributed by atoms with van der Waals surface area (Å²) in [6, 6.07) is 11.4. The molecule has 0 bridgehead atoms. The van der Waals surface area contributed by atoms with Gasteiger partial charge in [0.1, 0.15) is 23.3 Å². The highest BCUT2D eigenvalue weighted by Crippen LogP contribution is 2.32. The van der Waals surface area contributed by atoms with Gasteiger partial charge in [-0.15, -0.1) is 0 Å². The Morgan fingerprint density at radius 2 is 1.77 bits per heavy atom. The summed E-state index contributed by atoms with van der Waals surface area (Å²) in [5.74, 6) is 0.411. The summed E-state index contributed by atoms with van der Waals surface area (Å²) in [6.07, 6.45) is 0.133. The van der Waals surface area contributed by atoms with Gasteiger partial charge in [0, 0.05) is 26.0 Å². The van der Waals surface area contributed by atoms with Crippen molar-refractivity contribution in [1.82, 2.24) is 10.6 Å². The highest BCUT2D eigenvalue weighted by Gasteiger charge is 2.19. The maximum absolute atomic E-state index is 12.3. The summed E-state index contributed by atoms with van der Waals surface area (Å²) < 4.78 is 10.9. The Hall–Kier alpha value is -3.26. The Morgan fingerprint density at radius 3 is 2.33 bits per heavy atom. The van der Waals surface area contributed by atoms with Crippen molar-refractivity contribution in [3.8, 4) is 17.2 Å². The summed E-state index contributed by atoms with van der Waals surface area (Å²) >= 11 is 6.17. The molecular formula is C21H24ClN3O5. The quantitative estimate of drug-likeness (QED) is 0.531. The van der Waals surface area contributed by atoms with Crippen LogP contribution in [0.5, 0.6) is 17.2 Å². The Bertz CT molecular complexity index is 902. The van der Waals surface area contributed by atoms with Crippen LogP contribution in [0.4, 0.5) is 0 Å². The summed E-state index contributed by atoms with van der Waals surface area (Å²) in [5.41, 5.74) is 5.95. The molecule has 0 spiro atoms. The van der Waals surface area contributed by atoms with Gasteiger partial charge < -0.3 is 25.8 Å². The van der Waals surface area contributed by atoms with E-state index >= 15 is 0 Å². The molecule has 2 aromatic rings. The standard InChI is InChI=1S/C21H24ClN3O5/c1-13(26)25-18(8-10-20(23)27)21(28)24-12-14-3-5-15(6-4-14)30-19-9-7-16(29-2)11-17(19)22/h3-7,9,11,18H,8,10,12H2,1-2H3,(H2,23,27)(H,24,28)(H,25,26). The lowest BCUT2D eigenvalue weighted by molar-refractivity contribution is -0.128. The van der Waals surface area contributed by atoms with Crippen LogP contribution in [0.2, 0.25) is 5.02 Å². The maximum Gasteiger partial charge on any atom is 0.242 e. The molecule has 0 aromatic heterocycles. The molecule has 4 N–H and O–H groups in total. The second-order valence-electron chi connectivity index (χ2n) is 6.52. The van der Waals surface area contributed by atoms with E-state index in [1.54, 1.807) is 49.6 Å². The number of hydrogen-bond donors (Lipinski definition) is 3. The molecule has 0 heterocycles. The van der Waals surface area contributed by atoms with Crippen LogP contribution in [0.25, 0.3) is 0 Å². The number of carbonyl (C=O) groups excluding carboxylic acids is 3. The monoisotopic (exact) mass is 433 g/mol. The minimum atomic E-state index is -0.824. The lowest BCUT2D eigenvalue weighted by atomic mass is 10.1. The largest absolute Gasteiger partial charge is 0.497 e. The molecule has 2 rings (SSSR count). The first-order chi connectivity index (χ1) is 14.3. The number of amides is 3. The summed E-state index contributed by atoms with van der Waals surface area (Å²) in [4.78, 5) is 34.6. The summed E-state index contributed by atoms with van der Waals surface area (Å²) in [5, 5.41) is 5.68. The van der Waals surface area contributed by atoms with Gasteiger partial charge in [-0.2, -0.15) is 0 Å². The molecule has 3 amide bonds. The van der Waals surface area contributed by atoms with Crippen molar-refractivity contribution in [2.45, 2.75) is 32.4 Å². The van der Waals surface area contributed by atoms with E-state index in [2.05, 4.69) is 10.6 Å². The van der Waals surface area contributed by atoms with Crippen LogP contribution in [-0.4, -0.2) is 30.9 Å². The van der Waals surface area contributed by atoms with E-state index in [1.165, 1.54) is 6.92 Å². The minimum Gasteiger partial charge on any atom is -0.497 e. The Morgan fingerprint density at radius 1 is 1.10 bits per heavy atom. The van der Waals surface area contributed by atoms with Crippen molar-refractivity contribution in [3.05, 3.63) is 53.1 Å². The van der Waals surface area contributed by atoms with Gasteiger partial charge in [-0.1, -0.05) is 23.7 Å². The van der Waals surface area contributed by atoms with E-state index in [1.807, 2.05) is 0 Å². The van der Waals surface area contributed by atoms with Gasteiger partial charge >= 0.3 is 0 Å². The molecule has 9 heteroatoms. The molecule has 1 atom stereocenters. The van der Waals surface area contributed by atoms with Gasteiger partial charge in [0.25, 0.3) is 0 Å².